The smallest absolute Gasteiger partial charge is 0.264 e. The minimum absolute atomic E-state index is 0.183. The second-order valence-corrected chi connectivity index (χ2v) is 0.938. The lowest BCUT2D eigenvalue weighted by Gasteiger charge is -1.96. The third kappa shape index (κ3) is 5.29. The van der Waals surface area contributed by atoms with E-state index in [2.05, 4.69) is 4.84 Å². The van der Waals surface area contributed by atoms with Gasteiger partial charge in [-0.1, -0.05) is 0 Å². The zero-order valence-electron chi connectivity index (χ0n) is 3.93. The molecule has 0 aliphatic rings. The SMILES string of the molecule is O=CNOCC(F)F. The van der Waals surface area contributed by atoms with Crippen molar-refractivity contribution in [2.24, 2.45) is 0 Å². The summed E-state index contributed by atoms with van der Waals surface area (Å²) in [6.45, 7) is -0.765. The van der Waals surface area contributed by atoms with Gasteiger partial charge in [0.2, 0.25) is 6.41 Å². The van der Waals surface area contributed by atoms with Gasteiger partial charge in [-0.15, -0.1) is 0 Å². The number of hydrogen-bond acceptors (Lipinski definition) is 2. The van der Waals surface area contributed by atoms with Crippen molar-refractivity contribution in [3.05, 3.63) is 0 Å². The van der Waals surface area contributed by atoms with E-state index in [1.807, 2.05) is 0 Å². The molecule has 0 radical (unpaired) electrons. The molecule has 1 amide bonds. The Balaban J connectivity index is 2.81. The average molecular weight is 125 g/mol. The summed E-state index contributed by atoms with van der Waals surface area (Å²) >= 11 is 0. The second kappa shape index (κ2) is 4.45. The summed E-state index contributed by atoms with van der Waals surface area (Å²) in [5, 5.41) is 0. The van der Waals surface area contributed by atoms with Crippen LogP contribution in [-0.2, 0) is 9.63 Å². The van der Waals surface area contributed by atoms with E-state index in [0.717, 1.165) is 0 Å². The third-order valence-corrected chi connectivity index (χ3v) is 0.341. The molecule has 0 spiro atoms. The molecule has 1 N–H and O–H groups in total. The Labute approximate surface area is 44.6 Å². The highest BCUT2D eigenvalue weighted by molar-refractivity contribution is 5.43. The molecule has 0 bridgehead atoms. The van der Waals surface area contributed by atoms with Crippen LogP contribution >= 0.6 is 0 Å². The molecule has 48 valence electrons. The van der Waals surface area contributed by atoms with Crippen LogP contribution in [0.15, 0.2) is 0 Å². The quantitative estimate of drug-likeness (QED) is 0.324. The first-order chi connectivity index (χ1) is 3.77. The van der Waals surface area contributed by atoms with Gasteiger partial charge in [-0.25, -0.2) is 14.3 Å². The van der Waals surface area contributed by atoms with Crippen molar-refractivity contribution in [2.75, 3.05) is 6.61 Å². The molecule has 8 heavy (non-hydrogen) atoms. The minimum Gasteiger partial charge on any atom is -0.277 e. The van der Waals surface area contributed by atoms with E-state index in [1.54, 1.807) is 5.48 Å². The summed E-state index contributed by atoms with van der Waals surface area (Å²) in [7, 11) is 0. The fourth-order valence-electron chi connectivity index (χ4n) is 0.145. The summed E-state index contributed by atoms with van der Waals surface area (Å²) < 4.78 is 22.2. The van der Waals surface area contributed by atoms with Crippen LogP contribution in [0.5, 0.6) is 0 Å². The second-order valence-electron chi connectivity index (χ2n) is 0.938. The molecule has 0 aromatic carbocycles. The van der Waals surface area contributed by atoms with E-state index in [9.17, 15) is 13.6 Å². The highest BCUT2D eigenvalue weighted by Gasteiger charge is 1.99. The molecular formula is C3H5F2NO2. The molecule has 0 fully saturated rings. The first-order valence-electron chi connectivity index (χ1n) is 1.86. The normalized spacial score (nSPS) is 9.38. The molecule has 0 atom stereocenters. The summed E-state index contributed by atoms with van der Waals surface area (Å²) in [5.74, 6) is 0. The van der Waals surface area contributed by atoms with Crippen LogP contribution in [-0.4, -0.2) is 19.4 Å². The summed E-state index contributed by atoms with van der Waals surface area (Å²) in [5.41, 5.74) is 1.62. The van der Waals surface area contributed by atoms with Gasteiger partial charge in [0.25, 0.3) is 6.43 Å². The predicted octanol–water partition coefficient (Wildman–Crippen LogP) is -0.0709. The summed E-state index contributed by atoms with van der Waals surface area (Å²) in [6, 6.07) is 0. The zero-order valence-corrected chi connectivity index (χ0v) is 3.93. The summed E-state index contributed by atoms with van der Waals surface area (Å²) in [6.07, 6.45) is -2.36. The third-order valence-electron chi connectivity index (χ3n) is 0.341. The van der Waals surface area contributed by atoms with Crippen LogP contribution in [0.4, 0.5) is 8.78 Å². The van der Waals surface area contributed by atoms with Crippen molar-refractivity contribution in [3.63, 3.8) is 0 Å². The number of rotatable bonds is 4. The number of nitrogens with one attached hydrogen (secondary N) is 1. The van der Waals surface area contributed by atoms with Crippen molar-refractivity contribution in [2.45, 2.75) is 6.43 Å². The van der Waals surface area contributed by atoms with Crippen LogP contribution in [0.25, 0.3) is 0 Å². The van der Waals surface area contributed by atoms with Crippen molar-refractivity contribution in [3.8, 4) is 0 Å². The van der Waals surface area contributed by atoms with E-state index >= 15 is 0 Å². The molecule has 3 nitrogen and oxygen atoms in total. The molecule has 0 aliphatic heterocycles. The fraction of sp³-hybridized carbons (Fsp3) is 0.667. The molecule has 0 aromatic heterocycles. The molecule has 0 unspecified atom stereocenters. The van der Waals surface area contributed by atoms with Crippen molar-refractivity contribution < 1.29 is 18.4 Å². The largest absolute Gasteiger partial charge is 0.277 e. The number of carbonyl (C=O) groups excluding carboxylic acids is 1. The average Bonchev–Trinajstić information content (AvgIpc) is 1.66. The number of carbonyl (C=O) groups is 1. The van der Waals surface area contributed by atoms with Crippen LogP contribution in [0.3, 0.4) is 0 Å². The van der Waals surface area contributed by atoms with E-state index in [4.69, 9.17) is 0 Å². The molecule has 0 saturated carbocycles. The van der Waals surface area contributed by atoms with Crippen LogP contribution in [0.1, 0.15) is 0 Å². The van der Waals surface area contributed by atoms with Crippen molar-refractivity contribution in [1.29, 1.82) is 0 Å². The number of halogens is 2. The number of hydrogen-bond donors (Lipinski definition) is 1. The standard InChI is InChI=1S/C3H5F2NO2/c4-3(5)1-8-6-2-7/h2-3H,1H2,(H,6,7). The van der Waals surface area contributed by atoms with E-state index in [0.29, 0.717) is 0 Å². The van der Waals surface area contributed by atoms with Crippen molar-refractivity contribution in [1.82, 2.24) is 5.48 Å². The van der Waals surface area contributed by atoms with E-state index < -0.39 is 13.0 Å². The number of alkyl halides is 2. The first kappa shape index (κ1) is 7.29. The zero-order chi connectivity index (χ0) is 6.41. The maximum Gasteiger partial charge on any atom is 0.264 e. The van der Waals surface area contributed by atoms with Gasteiger partial charge in [-0.3, -0.25) is 9.63 Å². The monoisotopic (exact) mass is 125 g/mol. The molecular weight excluding hydrogens is 120 g/mol. The fourth-order valence-corrected chi connectivity index (χ4v) is 0.145. The highest BCUT2D eigenvalue weighted by Crippen LogP contribution is 1.88. The van der Waals surface area contributed by atoms with Gasteiger partial charge in [-0.05, 0) is 0 Å². The predicted molar refractivity (Wildman–Crippen MR) is 21.2 cm³/mol. The Kier molecular flexibility index (Phi) is 4.05. The molecule has 5 heteroatoms. The molecule has 0 aromatic rings. The first-order valence-corrected chi connectivity index (χ1v) is 1.86. The van der Waals surface area contributed by atoms with Gasteiger partial charge in [-0.2, -0.15) is 0 Å². The van der Waals surface area contributed by atoms with Gasteiger partial charge in [0, 0.05) is 0 Å². The van der Waals surface area contributed by atoms with Crippen LogP contribution in [0.2, 0.25) is 0 Å². The maximum atomic E-state index is 11.1. The van der Waals surface area contributed by atoms with E-state index in [1.165, 1.54) is 0 Å². The molecule has 0 aliphatic carbocycles. The Morgan fingerprint density at radius 3 is 2.75 bits per heavy atom. The van der Waals surface area contributed by atoms with Crippen LogP contribution < -0.4 is 5.48 Å². The number of amides is 1. The molecule has 0 rings (SSSR count). The van der Waals surface area contributed by atoms with E-state index in [-0.39, 0.29) is 6.41 Å². The number of hydroxylamine groups is 1. The molecule has 0 saturated heterocycles. The Hall–Kier alpha value is -0.710. The molecule has 0 heterocycles. The van der Waals surface area contributed by atoms with Crippen LogP contribution in [0, 0.1) is 0 Å². The van der Waals surface area contributed by atoms with Gasteiger partial charge < -0.3 is 0 Å². The van der Waals surface area contributed by atoms with Gasteiger partial charge >= 0.3 is 0 Å². The minimum atomic E-state index is -2.54. The van der Waals surface area contributed by atoms with Gasteiger partial charge in [0.1, 0.15) is 6.61 Å². The Morgan fingerprint density at radius 2 is 2.38 bits per heavy atom. The summed E-state index contributed by atoms with van der Waals surface area (Å²) in [4.78, 5) is 13.2. The topological polar surface area (TPSA) is 38.3 Å². The van der Waals surface area contributed by atoms with Crippen molar-refractivity contribution >= 4 is 6.41 Å². The lowest BCUT2D eigenvalue weighted by Crippen LogP contribution is -2.16. The highest BCUT2D eigenvalue weighted by atomic mass is 19.3. The Bertz CT molecular complexity index is 68.3. The van der Waals surface area contributed by atoms with Gasteiger partial charge in [0.15, 0.2) is 0 Å². The van der Waals surface area contributed by atoms with Gasteiger partial charge in [0.05, 0.1) is 0 Å². The Morgan fingerprint density at radius 1 is 1.75 bits per heavy atom. The lowest BCUT2D eigenvalue weighted by molar-refractivity contribution is -0.123. The maximum absolute atomic E-state index is 11.1. The lowest BCUT2D eigenvalue weighted by atomic mass is 10.8.